The van der Waals surface area contributed by atoms with Crippen molar-refractivity contribution in [3.63, 3.8) is 0 Å². The van der Waals surface area contributed by atoms with Gasteiger partial charge in [0.1, 0.15) is 12.6 Å². The van der Waals surface area contributed by atoms with Crippen molar-refractivity contribution in [3.8, 4) is 0 Å². The van der Waals surface area contributed by atoms with E-state index in [1.165, 1.54) is 29.3 Å². The smallest absolute Gasteiger partial charge is 0.273 e. The van der Waals surface area contributed by atoms with Crippen LogP contribution in [0.4, 0.5) is 15.3 Å². The summed E-state index contributed by atoms with van der Waals surface area (Å²) in [4.78, 5) is 26.2. The zero-order valence-electron chi connectivity index (χ0n) is 23.6. The molecule has 8 nitrogen and oxygen atoms in total. The summed E-state index contributed by atoms with van der Waals surface area (Å²) < 4.78 is 26.7. The quantitative estimate of drug-likeness (QED) is 0.108. The number of halogens is 1. The van der Waals surface area contributed by atoms with Crippen molar-refractivity contribution in [1.82, 2.24) is 20.3 Å². The van der Waals surface area contributed by atoms with Crippen LogP contribution in [-0.4, -0.2) is 41.3 Å². The maximum atomic E-state index is 15.5. The van der Waals surface area contributed by atoms with Crippen molar-refractivity contribution >= 4 is 40.0 Å². The number of carbonyl (C=O) groups is 1. The van der Waals surface area contributed by atoms with Crippen molar-refractivity contribution in [2.24, 2.45) is 0 Å². The molecule has 220 valence electrons. The molecule has 5 rings (SSSR count). The lowest BCUT2D eigenvalue weighted by molar-refractivity contribution is -0.0390. The molecule has 1 atom stereocenters. The van der Waals surface area contributed by atoms with E-state index >= 15 is 4.39 Å². The van der Waals surface area contributed by atoms with Crippen LogP contribution in [0.15, 0.2) is 100 Å². The molecule has 43 heavy (non-hydrogen) atoms. The Kier molecular flexibility index (Phi) is 10.5. The number of aryl methyl sites for hydroxylation is 1. The van der Waals surface area contributed by atoms with Crippen molar-refractivity contribution in [3.05, 3.63) is 125 Å². The molecule has 0 radical (unpaired) electrons. The Morgan fingerprint density at radius 2 is 1.77 bits per heavy atom. The number of methoxy groups -OCH3 is 1. The fraction of sp³-hybridized carbons (Fsp3) is 0.188. The zero-order chi connectivity index (χ0) is 30.0. The third-order valence-electron chi connectivity index (χ3n) is 6.44. The van der Waals surface area contributed by atoms with Gasteiger partial charge in [-0.3, -0.25) is 4.79 Å². The molecule has 5 aromatic rings. The van der Waals surface area contributed by atoms with E-state index < -0.39 is 11.7 Å². The number of amides is 1. The summed E-state index contributed by atoms with van der Waals surface area (Å²) in [5, 5.41) is 6.70. The van der Waals surface area contributed by atoms with E-state index in [-0.39, 0.29) is 29.8 Å². The number of thiazole rings is 1. The van der Waals surface area contributed by atoms with Crippen molar-refractivity contribution < 1.29 is 18.7 Å². The minimum absolute atomic E-state index is 0.147. The van der Waals surface area contributed by atoms with E-state index in [0.29, 0.717) is 17.6 Å². The SMILES string of the molecule is COCOCc1ccc(C(CNC(=O)c2nccc(Sc3cnc(Nc4cc(C)ccn4)s3)c2F)c2ccccc2)cc1. The van der Waals surface area contributed by atoms with Crippen LogP contribution in [0.25, 0.3) is 0 Å². The van der Waals surface area contributed by atoms with Gasteiger partial charge in [0.25, 0.3) is 5.91 Å². The molecule has 11 heteroatoms. The second-order valence-electron chi connectivity index (χ2n) is 9.57. The first kappa shape index (κ1) is 30.3. The van der Waals surface area contributed by atoms with E-state index in [1.807, 2.05) is 73.7 Å². The molecule has 2 N–H and O–H groups in total. The van der Waals surface area contributed by atoms with Crippen molar-refractivity contribution in [2.75, 3.05) is 25.8 Å². The third kappa shape index (κ3) is 8.23. The average molecular weight is 616 g/mol. The Labute approximate surface area is 257 Å². The summed E-state index contributed by atoms with van der Waals surface area (Å²) in [6.45, 7) is 2.90. The second-order valence-corrected chi connectivity index (χ2v) is 11.9. The lowest BCUT2D eigenvalue weighted by Gasteiger charge is -2.19. The van der Waals surface area contributed by atoms with Crippen LogP contribution >= 0.6 is 23.1 Å². The van der Waals surface area contributed by atoms with Crippen molar-refractivity contribution in [2.45, 2.75) is 28.6 Å². The number of ether oxygens (including phenoxy) is 2. The molecule has 2 aromatic carbocycles. The Morgan fingerprint density at radius 1 is 1.00 bits per heavy atom. The van der Waals surface area contributed by atoms with E-state index in [2.05, 4.69) is 25.6 Å². The van der Waals surface area contributed by atoms with Gasteiger partial charge >= 0.3 is 0 Å². The zero-order valence-corrected chi connectivity index (χ0v) is 25.3. The molecule has 0 saturated heterocycles. The fourth-order valence-corrected chi connectivity index (χ4v) is 6.20. The first-order valence-corrected chi connectivity index (χ1v) is 15.1. The van der Waals surface area contributed by atoms with Crippen LogP contribution in [0, 0.1) is 12.7 Å². The second kappa shape index (κ2) is 14.8. The van der Waals surface area contributed by atoms with Gasteiger partial charge in [-0.1, -0.05) is 77.7 Å². The van der Waals surface area contributed by atoms with Gasteiger partial charge < -0.3 is 20.1 Å². The molecule has 3 aromatic heterocycles. The fourth-order valence-electron chi connectivity index (χ4n) is 4.33. The minimum Gasteiger partial charge on any atom is -0.359 e. The predicted molar refractivity (Wildman–Crippen MR) is 166 cm³/mol. The number of benzene rings is 2. The average Bonchev–Trinajstić information content (AvgIpc) is 3.46. The standard InChI is InChI=1S/C32H30FN5O3S2/c1-21-12-14-34-27(16-21)38-32-37-18-28(43-32)42-26-13-15-35-30(29(26)33)31(39)36-17-25(23-6-4-3-5-7-23)24-10-8-22(9-11-24)19-41-20-40-2/h3-16,18,25H,17,19-20H2,1-2H3,(H,36,39)(H,34,37,38). The molecular formula is C32H30FN5O3S2. The lowest BCUT2D eigenvalue weighted by atomic mass is 9.90. The van der Waals surface area contributed by atoms with Crippen LogP contribution in [0.1, 0.15) is 38.7 Å². The number of carbonyl (C=O) groups excluding carboxylic acids is 1. The first-order valence-electron chi connectivity index (χ1n) is 13.5. The van der Waals surface area contributed by atoms with Crippen LogP contribution < -0.4 is 10.6 Å². The monoisotopic (exact) mass is 615 g/mol. The topological polar surface area (TPSA) is 98.3 Å². The molecule has 1 unspecified atom stereocenters. The Morgan fingerprint density at radius 3 is 2.53 bits per heavy atom. The summed E-state index contributed by atoms with van der Waals surface area (Å²) in [6.07, 6.45) is 4.82. The third-order valence-corrected chi connectivity index (χ3v) is 8.48. The summed E-state index contributed by atoms with van der Waals surface area (Å²) in [7, 11) is 1.58. The van der Waals surface area contributed by atoms with Gasteiger partial charge in [0, 0.05) is 32.0 Å². The summed E-state index contributed by atoms with van der Waals surface area (Å²) in [5.74, 6) is -0.723. The van der Waals surface area contributed by atoms with Gasteiger partial charge in [0.2, 0.25) is 0 Å². The van der Waals surface area contributed by atoms with Crippen molar-refractivity contribution in [1.29, 1.82) is 0 Å². The lowest BCUT2D eigenvalue weighted by Crippen LogP contribution is -2.30. The molecule has 0 aliphatic rings. The highest BCUT2D eigenvalue weighted by Crippen LogP contribution is 2.36. The predicted octanol–water partition coefficient (Wildman–Crippen LogP) is 6.96. The van der Waals surface area contributed by atoms with Gasteiger partial charge in [-0.15, -0.1) is 0 Å². The van der Waals surface area contributed by atoms with E-state index in [0.717, 1.165) is 26.5 Å². The number of pyridine rings is 2. The number of rotatable bonds is 13. The first-order chi connectivity index (χ1) is 21.0. The number of hydrogen-bond acceptors (Lipinski definition) is 9. The van der Waals surface area contributed by atoms with Gasteiger partial charge in [0.15, 0.2) is 16.6 Å². The number of nitrogens with zero attached hydrogens (tertiary/aromatic N) is 3. The van der Waals surface area contributed by atoms with Gasteiger partial charge in [-0.25, -0.2) is 19.3 Å². The highest BCUT2D eigenvalue weighted by molar-refractivity contribution is 8.01. The maximum Gasteiger partial charge on any atom is 0.273 e. The molecule has 0 spiro atoms. The van der Waals surface area contributed by atoms with Gasteiger partial charge in [0.05, 0.1) is 21.9 Å². The Balaban J connectivity index is 1.26. The summed E-state index contributed by atoms with van der Waals surface area (Å²) >= 11 is 2.56. The molecule has 0 fully saturated rings. The number of hydrogen-bond donors (Lipinski definition) is 2. The molecule has 0 saturated carbocycles. The number of anilines is 2. The molecular weight excluding hydrogens is 586 g/mol. The van der Waals surface area contributed by atoms with E-state index in [4.69, 9.17) is 9.47 Å². The molecule has 3 heterocycles. The molecule has 1 amide bonds. The van der Waals surface area contributed by atoms with Crippen LogP contribution in [0.3, 0.4) is 0 Å². The number of nitrogens with one attached hydrogen (secondary N) is 2. The number of aromatic nitrogens is 3. The van der Waals surface area contributed by atoms with Gasteiger partial charge in [-0.2, -0.15) is 0 Å². The Hall–Kier alpha value is -4.16. The maximum absolute atomic E-state index is 15.5. The van der Waals surface area contributed by atoms with Gasteiger partial charge in [-0.05, 0) is 47.4 Å². The van der Waals surface area contributed by atoms with Crippen LogP contribution in [-0.2, 0) is 16.1 Å². The highest BCUT2D eigenvalue weighted by atomic mass is 32.2. The van der Waals surface area contributed by atoms with Crippen LogP contribution in [0.2, 0.25) is 0 Å². The van der Waals surface area contributed by atoms with E-state index in [1.54, 1.807) is 25.6 Å². The summed E-state index contributed by atoms with van der Waals surface area (Å²) in [5.41, 5.74) is 3.86. The molecule has 0 aliphatic carbocycles. The Bertz CT molecular complexity index is 1650. The normalized spacial score (nSPS) is 11.7. The highest BCUT2D eigenvalue weighted by Gasteiger charge is 2.21. The molecule has 0 bridgehead atoms. The minimum atomic E-state index is -0.676. The van der Waals surface area contributed by atoms with E-state index in [9.17, 15) is 4.79 Å². The molecule has 0 aliphatic heterocycles. The summed E-state index contributed by atoms with van der Waals surface area (Å²) in [6, 6.07) is 23.3. The van der Waals surface area contributed by atoms with Crippen LogP contribution in [0.5, 0.6) is 0 Å². The largest absolute Gasteiger partial charge is 0.359 e.